The van der Waals surface area contributed by atoms with Gasteiger partial charge < -0.3 is 15.2 Å². The van der Waals surface area contributed by atoms with Crippen LogP contribution in [0.3, 0.4) is 0 Å². The molecule has 0 amide bonds. The average Bonchev–Trinajstić information content (AvgIpc) is 2.49. The highest BCUT2D eigenvalue weighted by molar-refractivity contribution is 6.32. The molecular weight excluding hydrogens is 337 g/mol. The van der Waals surface area contributed by atoms with Gasteiger partial charge in [-0.25, -0.2) is 9.78 Å². The summed E-state index contributed by atoms with van der Waals surface area (Å²) < 4.78 is 46.1. The summed E-state index contributed by atoms with van der Waals surface area (Å²) in [5.74, 6) is -3.06. The molecule has 122 valence electrons. The standard InChI is InChI=1S/C14H10ClF3N2O3/c1-22-10-5-3-2-4-7(10)9-6-8(15)11(12(19)20-9)23-13(21)14(16,17)18/h2-6H,1H3,(H2,19,20). The zero-order chi connectivity index (χ0) is 17.2. The van der Waals surface area contributed by atoms with Gasteiger partial charge >= 0.3 is 12.1 Å². The number of nitrogens with zero attached hydrogens (tertiary/aromatic N) is 1. The smallest absolute Gasteiger partial charge is 0.491 e. The van der Waals surface area contributed by atoms with Gasteiger partial charge in [0.15, 0.2) is 11.6 Å². The lowest BCUT2D eigenvalue weighted by Gasteiger charge is -2.13. The van der Waals surface area contributed by atoms with Crippen molar-refractivity contribution in [1.82, 2.24) is 4.98 Å². The average molecular weight is 347 g/mol. The number of para-hydroxylation sites is 1. The topological polar surface area (TPSA) is 74.4 Å². The second-order valence-corrected chi connectivity index (χ2v) is 4.70. The summed E-state index contributed by atoms with van der Waals surface area (Å²) in [6.45, 7) is 0. The van der Waals surface area contributed by atoms with Gasteiger partial charge in [-0.2, -0.15) is 13.2 Å². The fourth-order valence-electron chi connectivity index (χ4n) is 1.77. The molecule has 0 unspecified atom stereocenters. The Morgan fingerprint density at radius 2 is 1.96 bits per heavy atom. The first kappa shape index (κ1) is 16.9. The van der Waals surface area contributed by atoms with Crippen LogP contribution in [0.5, 0.6) is 11.5 Å². The number of methoxy groups -OCH3 is 1. The molecule has 0 saturated heterocycles. The van der Waals surface area contributed by atoms with Gasteiger partial charge in [-0.3, -0.25) is 0 Å². The number of nitrogens with two attached hydrogens (primary N) is 1. The summed E-state index contributed by atoms with van der Waals surface area (Å²) in [7, 11) is 1.45. The van der Waals surface area contributed by atoms with Crippen molar-refractivity contribution in [2.45, 2.75) is 6.18 Å². The largest absolute Gasteiger partial charge is 0.496 e. The Hall–Kier alpha value is -2.48. The molecule has 0 fully saturated rings. The molecule has 23 heavy (non-hydrogen) atoms. The molecule has 1 aromatic heterocycles. The minimum Gasteiger partial charge on any atom is -0.496 e. The maximum Gasteiger partial charge on any atom is 0.491 e. The van der Waals surface area contributed by atoms with Crippen LogP contribution in [-0.4, -0.2) is 24.2 Å². The van der Waals surface area contributed by atoms with Crippen molar-refractivity contribution < 1.29 is 27.4 Å². The Kier molecular flexibility index (Phi) is 4.65. The molecule has 0 atom stereocenters. The molecule has 0 aliphatic rings. The molecule has 0 aliphatic carbocycles. The molecule has 5 nitrogen and oxygen atoms in total. The summed E-state index contributed by atoms with van der Waals surface area (Å²) in [5.41, 5.74) is 6.35. The number of esters is 1. The van der Waals surface area contributed by atoms with E-state index in [1.807, 2.05) is 0 Å². The van der Waals surface area contributed by atoms with Crippen LogP contribution in [0.2, 0.25) is 5.02 Å². The molecule has 0 saturated carbocycles. The summed E-state index contributed by atoms with van der Waals surface area (Å²) in [6.07, 6.45) is -5.17. The molecule has 9 heteroatoms. The highest BCUT2D eigenvalue weighted by Gasteiger charge is 2.42. The maximum atomic E-state index is 12.2. The van der Waals surface area contributed by atoms with Crippen molar-refractivity contribution in [3.8, 4) is 22.8 Å². The van der Waals surface area contributed by atoms with Gasteiger partial charge in [0, 0.05) is 5.56 Å². The summed E-state index contributed by atoms with van der Waals surface area (Å²) >= 11 is 5.87. The number of carbonyl (C=O) groups is 1. The fraction of sp³-hybridized carbons (Fsp3) is 0.143. The highest BCUT2D eigenvalue weighted by atomic mass is 35.5. The van der Waals surface area contributed by atoms with Gasteiger partial charge in [-0.15, -0.1) is 0 Å². The first-order valence-electron chi connectivity index (χ1n) is 6.12. The molecule has 0 aliphatic heterocycles. The Morgan fingerprint density at radius 1 is 1.30 bits per heavy atom. The number of alkyl halides is 3. The zero-order valence-corrected chi connectivity index (χ0v) is 12.4. The Bertz CT molecular complexity index is 727. The normalized spacial score (nSPS) is 11.2. The SMILES string of the molecule is COc1ccccc1-c1cc(Cl)c(OC(=O)C(F)(F)F)c(N)n1. The molecule has 2 N–H and O–H groups in total. The first-order valence-corrected chi connectivity index (χ1v) is 6.50. The zero-order valence-electron chi connectivity index (χ0n) is 11.6. The minimum atomic E-state index is -5.17. The van der Waals surface area contributed by atoms with E-state index in [0.717, 1.165) is 0 Å². The highest BCUT2D eigenvalue weighted by Crippen LogP contribution is 2.37. The second-order valence-electron chi connectivity index (χ2n) is 4.29. The number of halogens is 4. The van der Waals surface area contributed by atoms with Gasteiger partial charge in [-0.05, 0) is 18.2 Å². The van der Waals surface area contributed by atoms with Gasteiger partial charge in [0.25, 0.3) is 0 Å². The van der Waals surface area contributed by atoms with E-state index in [1.54, 1.807) is 24.3 Å². The molecular formula is C14H10ClF3N2O3. The van der Waals surface area contributed by atoms with Crippen molar-refractivity contribution in [2.75, 3.05) is 12.8 Å². The number of aromatic nitrogens is 1. The number of nitrogen functional groups attached to an aromatic ring is 1. The maximum absolute atomic E-state index is 12.2. The number of hydrogen-bond acceptors (Lipinski definition) is 5. The van der Waals surface area contributed by atoms with Crippen LogP contribution >= 0.6 is 11.6 Å². The number of pyridine rings is 1. The van der Waals surface area contributed by atoms with Crippen molar-refractivity contribution >= 4 is 23.4 Å². The van der Waals surface area contributed by atoms with E-state index in [9.17, 15) is 18.0 Å². The molecule has 0 spiro atoms. The third-order valence-electron chi connectivity index (χ3n) is 2.76. The molecule has 2 rings (SSSR count). The number of carbonyl (C=O) groups excluding carboxylic acids is 1. The number of anilines is 1. The lowest BCUT2D eigenvalue weighted by Crippen LogP contribution is -2.28. The molecule has 1 heterocycles. The predicted octanol–water partition coefficient (Wildman–Crippen LogP) is 3.46. The molecule has 0 radical (unpaired) electrons. The van der Waals surface area contributed by atoms with Crippen LogP contribution in [0.15, 0.2) is 30.3 Å². The summed E-state index contributed by atoms with van der Waals surface area (Å²) in [6, 6.07) is 8.00. The van der Waals surface area contributed by atoms with E-state index < -0.39 is 23.7 Å². The van der Waals surface area contributed by atoms with E-state index in [4.69, 9.17) is 22.1 Å². The quantitative estimate of drug-likeness (QED) is 0.861. The van der Waals surface area contributed by atoms with E-state index in [1.165, 1.54) is 13.2 Å². The van der Waals surface area contributed by atoms with Gasteiger partial charge in [0.2, 0.25) is 0 Å². The lowest BCUT2D eigenvalue weighted by molar-refractivity contribution is -0.189. The van der Waals surface area contributed by atoms with Crippen molar-refractivity contribution in [3.05, 3.63) is 35.4 Å². The van der Waals surface area contributed by atoms with Crippen molar-refractivity contribution in [3.63, 3.8) is 0 Å². The predicted molar refractivity (Wildman–Crippen MR) is 77.3 cm³/mol. The van der Waals surface area contributed by atoms with Crippen LogP contribution in [0.25, 0.3) is 11.3 Å². The van der Waals surface area contributed by atoms with Gasteiger partial charge in [-0.1, -0.05) is 23.7 Å². The number of rotatable bonds is 3. The van der Waals surface area contributed by atoms with Crippen LogP contribution in [-0.2, 0) is 4.79 Å². The van der Waals surface area contributed by atoms with Gasteiger partial charge in [0.1, 0.15) is 5.75 Å². The number of benzene rings is 1. The van der Waals surface area contributed by atoms with Crippen LogP contribution in [0, 0.1) is 0 Å². The molecule has 0 bridgehead atoms. The minimum absolute atomic E-state index is 0.261. The van der Waals surface area contributed by atoms with Crippen molar-refractivity contribution in [2.24, 2.45) is 0 Å². The Morgan fingerprint density at radius 3 is 2.52 bits per heavy atom. The van der Waals surface area contributed by atoms with E-state index in [-0.39, 0.29) is 10.7 Å². The second kappa shape index (κ2) is 6.33. The number of hydrogen-bond donors (Lipinski definition) is 1. The van der Waals surface area contributed by atoms with Gasteiger partial charge in [0.05, 0.1) is 17.8 Å². The fourth-order valence-corrected chi connectivity index (χ4v) is 2.01. The third kappa shape index (κ3) is 3.65. The monoisotopic (exact) mass is 346 g/mol. The van der Waals surface area contributed by atoms with E-state index in [2.05, 4.69) is 9.72 Å². The Balaban J connectivity index is 2.43. The third-order valence-corrected chi connectivity index (χ3v) is 3.04. The van der Waals surface area contributed by atoms with Crippen LogP contribution < -0.4 is 15.2 Å². The van der Waals surface area contributed by atoms with Crippen molar-refractivity contribution in [1.29, 1.82) is 0 Å². The van der Waals surface area contributed by atoms with E-state index >= 15 is 0 Å². The summed E-state index contributed by atoms with van der Waals surface area (Å²) in [4.78, 5) is 14.8. The number of ether oxygens (including phenoxy) is 2. The summed E-state index contributed by atoms with van der Waals surface area (Å²) in [5, 5.41) is -0.281. The first-order chi connectivity index (χ1) is 10.7. The van der Waals surface area contributed by atoms with E-state index in [0.29, 0.717) is 11.3 Å². The lowest BCUT2D eigenvalue weighted by atomic mass is 10.1. The molecule has 2 aromatic rings. The van der Waals surface area contributed by atoms with Crippen LogP contribution in [0.4, 0.5) is 19.0 Å². The Labute approximate surface area is 133 Å². The van der Waals surface area contributed by atoms with Crippen LogP contribution in [0.1, 0.15) is 0 Å². The molecule has 1 aromatic carbocycles.